The fourth-order valence-corrected chi connectivity index (χ4v) is 3.96. The molecule has 2 amide bonds. The van der Waals surface area contributed by atoms with E-state index in [9.17, 15) is 9.59 Å². The molecular formula is C24H21N3O2S. The summed E-state index contributed by atoms with van der Waals surface area (Å²) in [5.74, 6) is -0.396. The number of aromatic nitrogens is 1. The van der Waals surface area contributed by atoms with Crippen molar-refractivity contribution in [2.45, 2.75) is 18.9 Å². The quantitative estimate of drug-likeness (QED) is 0.450. The summed E-state index contributed by atoms with van der Waals surface area (Å²) in [6, 6.07) is 23.8. The molecular weight excluding hydrogens is 394 g/mol. The molecule has 0 aliphatic rings. The molecule has 2 N–H and O–H groups in total. The maximum absolute atomic E-state index is 12.7. The minimum atomic E-state index is -0.299. The second kappa shape index (κ2) is 9.33. The number of rotatable bonds is 7. The van der Waals surface area contributed by atoms with Gasteiger partial charge in [0.25, 0.3) is 0 Å². The molecule has 0 saturated heterocycles. The summed E-state index contributed by atoms with van der Waals surface area (Å²) in [5, 5.41) is 10.4. The molecule has 0 bridgehead atoms. The molecule has 1 atom stereocenters. The van der Waals surface area contributed by atoms with Gasteiger partial charge in [-0.1, -0.05) is 72.8 Å². The number of benzene rings is 3. The first kappa shape index (κ1) is 19.8. The zero-order valence-electron chi connectivity index (χ0n) is 16.2. The van der Waals surface area contributed by atoms with E-state index in [4.69, 9.17) is 0 Å². The number of anilines is 1. The van der Waals surface area contributed by atoms with E-state index in [2.05, 4.69) is 33.8 Å². The van der Waals surface area contributed by atoms with Crippen LogP contribution in [0.3, 0.4) is 0 Å². The number of hydrogen-bond acceptors (Lipinski definition) is 4. The topological polar surface area (TPSA) is 71.1 Å². The van der Waals surface area contributed by atoms with Crippen LogP contribution in [-0.4, -0.2) is 16.8 Å². The van der Waals surface area contributed by atoms with E-state index in [-0.39, 0.29) is 30.7 Å². The van der Waals surface area contributed by atoms with Crippen LogP contribution < -0.4 is 10.6 Å². The minimum absolute atomic E-state index is 0.0997. The number of nitrogens with one attached hydrogen (secondary N) is 2. The van der Waals surface area contributed by atoms with Crippen molar-refractivity contribution in [2.75, 3.05) is 5.32 Å². The van der Waals surface area contributed by atoms with Gasteiger partial charge in [0.05, 0.1) is 6.04 Å². The van der Waals surface area contributed by atoms with Gasteiger partial charge in [0, 0.05) is 24.4 Å². The minimum Gasteiger partial charge on any atom is -0.345 e. The predicted octanol–water partition coefficient (Wildman–Crippen LogP) is 4.92. The standard InChI is InChI=1S/C24H21N3O2S/c28-21(13-14-22(29)27-24-25-15-16-30-24)26-23(18-8-2-1-3-9-18)20-12-6-10-17-7-4-5-11-19(17)20/h1-12,15-16,23H,13-14H2,(H,26,28)(H,25,27,29). The highest BCUT2D eigenvalue weighted by molar-refractivity contribution is 7.13. The monoisotopic (exact) mass is 415 g/mol. The van der Waals surface area contributed by atoms with E-state index in [0.717, 1.165) is 21.9 Å². The van der Waals surface area contributed by atoms with Crippen LogP contribution >= 0.6 is 11.3 Å². The van der Waals surface area contributed by atoms with Gasteiger partial charge in [-0.15, -0.1) is 11.3 Å². The average molecular weight is 416 g/mol. The van der Waals surface area contributed by atoms with E-state index < -0.39 is 0 Å². The van der Waals surface area contributed by atoms with Crippen molar-refractivity contribution in [1.29, 1.82) is 0 Å². The van der Waals surface area contributed by atoms with E-state index in [1.165, 1.54) is 11.3 Å². The zero-order chi connectivity index (χ0) is 20.8. The van der Waals surface area contributed by atoms with Crippen LogP contribution in [0.1, 0.15) is 30.0 Å². The lowest BCUT2D eigenvalue weighted by atomic mass is 9.93. The lowest BCUT2D eigenvalue weighted by Crippen LogP contribution is -2.30. The summed E-state index contributed by atoms with van der Waals surface area (Å²) < 4.78 is 0. The van der Waals surface area contributed by atoms with E-state index in [1.807, 2.05) is 54.6 Å². The first-order valence-electron chi connectivity index (χ1n) is 9.72. The van der Waals surface area contributed by atoms with Crippen LogP contribution in [-0.2, 0) is 9.59 Å². The molecule has 0 radical (unpaired) electrons. The summed E-state index contributed by atoms with van der Waals surface area (Å²) in [6.07, 6.45) is 1.83. The number of hydrogen-bond donors (Lipinski definition) is 2. The van der Waals surface area contributed by atoms with Crippen molar-refractivity contribution in [3.8, 4) is 0 Å². The lowest BCUT2D eigenvalue weighted by molar-refractivity contribution is -0.124. The predicted molar refractivity (Wildman–Crippen MR) is 120 cm³/mol. The lowest BCUT2D eigenvalue weighted by Gasteiger charge is -2.21. The Morgan fingerprint density at radius 1 is 0.867 bits per heavy atom. The van der Waals surface area contributed by atoms with Gasteiger partial charge in [-0.3, -0.25) is 9.59 Å². The Morgan fingerprint density at radius 3 is 2.40 bits per heavy atom. The van der Waals surface area contributed by atoms with Gasteiger partial charge in [0.2, 0.25) is 11.8 Å². The molecule has 1 heterocycles. The van der Waals surface area contributed by atoms with E-state index in [1.54, 1.807) is 11.6 Å². The second-order valence-electron chi connectivity index (χ2n) is 6.87. The highest BCUT2D eigenvalue weighted by atomic mass is 32.1. The van der Waals surface area contributed by atoms with E-state index in [0.29, 0.717) is 5.13 Å². The van der Waals surface area contributed by atoms with Gasteiger partial charge in [0.1, 0.15) is 0 Å². The van der Waals surface area contributed by atoms with Gasteiger partial charge in [-0.05, 0) is 21.9 Å². The van der Waals surface area contributed by atoms with Gasteiger partial charge in [-0.2, -0.15) is 0 Å². The normalized spacial score (nSPS) is 11.7. The number of carbonyl (C=O) groups excluding carboxylic acids is 2. The smallest absolute Gasteiger partial charge is 0.226 e. The van der Waals surface area contributed by atoms with Crippen molar-refractivity contribution < 1.29 is 9.59 Å². The molecule has 1 aromatic heterocycles. The van der Waals surface area contributed by atoms with Crippen molar-refractivity contribution in [1.82, 2.24) is 10.3 Å². The highest BCUT2D eigenvalue weighted by Gasteiger charge is 2.19. The summed E-state index contributed by atoms with van der Waals surface area (Å²) in [7, 11) is 0. The van der Waals surface area contributed by atoms with Crippen LogP contribution in [0.25, 0.3) is 10.8 Å². The summed E-state index contributed by atoms with van der Waals surface area (Å²) in [6.45, 7) is 0. The molecule has 150 valence electrons. The Labute approximate surface area is 178 Å². The fourth-order valence-electron chi connectivity index (χ4n) is 3.42. The Kier molecular flexibility index (Phi) is 6.15. The molecule has 3 aromatic carbocycles. The second-order valence-corrected chi connectivity index (χ2v) is 7.76. The molecule has 5 nitrogen and oxygen atoms in total. The molecule has 6 heteroatoms. The highest BCUT2D eigenvalue weighted by Crippen LogP contribution is 2.29. The van der Waals surface area contributed by atoms with Crippen molar-refractivity contribution >= 4 is 39.1 Å². The summed E-state index contributed by atoms with van der Waals surface area (Å²) in [4.78, 5) is 28.9. The van der Waals surface area contributed by atoms with Crippen molar-refractivity contribution in [3.05, 3.63) is 95.5 Å². The Bertz CT molecular complexity index is 1140. The van der Waals surface area contributed by atoms with Crippen molar-refractivity contribution in [3.63, 3.8) is 0 Å². The first-order chi connectivity index (χ1) is 14.7. The molecule has 0 aliphatic heterocycles. The molecule has 0 spiro atoms. The Balaban J connectivity index is 1.52. The molecule has 0 saturated carbocycles. The van der Waals surface area contributed by atoms with Crippen LogP contribution in [0.4, 0.5) is 5.13 Å². The van der Waals surface area contributed by atoms with Crippen LogP contribution in [0.15, 0.2) is 84.4 Å². The number of thiazole rings is 1. The van der Waals surface area contributed by atoms with Crippen molar-refractivity contribution in [2.24, 2.45) is 0 Å². The largest absolute Gasteiger partial charge is 0.345 e. The van der Waals surface area contributed by atoms with E-state index >= 15 is 0 Å². The van der Waals surface area contributed by atoms with Crippen LogP contribution in [0.5, 0.6) is 0 Å². The fraction of sp³-hybridized carbons (Fsp3) is 0.125. The third-order valence-electron chi connectivity index (χ3n) is 4.83. The Morgan fingerprint density at radius 2 is 1.60 bits per heavy atom. The summed E-state index contributed by atoms with van der Waals surface area (Å²) in [5.41, 5.74) is 2.02. The van der Waals surface area contributed by atoms with Crippen LogP contribution in [0.2, 0.25) is 0 Å². The number of carbonyl (C=O) groups is 2. The van der Waals surface area contributed by atoms with Crippen LogP contribution in [0, 0.1) is 0 Å². The zero-order valence-corrected chi connectivity index (χ0v) is 17.1. The molecule has 30 heavy (non-hydrogen) atoms. The Hall–Kier alpha value is -3.51. The van der Waals surface area contributed by atoms with Gasteiger partial charge >= 0.3 is 0 Å². The SMILES string of the molecule is O=C(CCC(=O)NC(c1ccccc1)c1cccc2ccccc12)Nc1nccs1. The number of fused-ring (bicyclic) bond motifs is 1. The maximum Gasteiger partial charge on any atom is 0.226 e. The molecule has 0 aliphatic carbocycles. The molecule has 4 rings (SSSR count). The third-order valence-corrected chi connectivity index (χ3v) is 5.52. The third kappa shape index (κ3) is 4.72. The number of nitrogens with zero attached hydrogens (tertiary/aromatic N) is 1. The average Bonchev–Trinajstić information content (AvgIpc) is 3.29. The molecule has 4 aromatic rings. The van der Waals surface area contributed by atoms with Gasteiger partial charge < -0.3 is 10.6 Å². The van der Waals surface area contributed by atoms with Gasteiger partial charge in [0.15, 0.2) is 5.13 Å². The molecule has 0 fully saturated rings. The van der Waals surface area contributed by atoms with Gasteiger partial charge in [-0.25, -0.2) is 4.98 Å². The number of amides is 2. The maximum atomic E-state index is 12.7. The first-order valence-corrected chi connectivity index (χ1v) is 10.6. The molecule has 1 unspecified atom stereocenters. The summed E-state index contributed by atoms with van der Waals surface area (Å²) >= 11 is 1.35.